The number of rotatable bonds is 3. The SMILES string of the molecule is CC(=O)OSCC1CCCCN1C. The van der Waals surface area contributed by atoms with Gasteiger partial charge in [-0.2, -0.15) is 0 Å². The molecule has 13 heavy (non-hydrogen) atoms. The van der Waals surface area contributed by atoms with Gasteiger partial charge in [0.15, 0.2) is 0 Å². The van der Waals surface area contributed by atoms with Gasteiger partial charge in [-0.3, -0.25) is 4.79 Å². The first-order valence-electron chi connectivity index (χ1n) is 4.70. The summed E-state index contributed by atoms with van der Waals surface area (Å²) in [5, 5.41) is 0. The van der Waals surface area contributed by atoms with Crippen molar-refractivity contribution in [3.8, 4) is 0 Å². The van der Waals surface area contributed by atoms with Crippen LogP contribution in [0, 0.1) is 0 Å². The molecule has 1 rings (SSSR count). The predicted octanol–water partition coefficient (Wildman–Crippen LogP) is 1.68. The topological polar surface area (TPSA) is 29.5 Å². The van der Waals surface area contributed by atoms with Gasteiger partial charge in [0.25, 0.3) is 0 Å². The van der Waals surface area contributed by atoms with E-state index >= 15 is 0 Å². The Morgan fingerprint density at radius 1 is 1.62 bits per heavy atom. The van der Waals surface area contributed by atoms with Gasteiger partial charge in [0.1, 0.15) is 0 Å². The van der Waals surface area contributed by atoms with E-state index in [0.717, 1.165) is 5.75 Å². The Labute approximate surface area is 84.0 Å². The highest BCUT2D eigenvalue weighted by atomic mass is 32.2. The maximum absolute atomic E-state index is 10.5. The van der Waals surface area contributed by atoms with Crippen molar-refractivity contribution < 1.29 is 8.98 Å². The van der Waals surface area contributed by atoms with Gasteiger partial charge in [-0.1, -0.05) is 6.42 Å². The predicted molar refractivity (Wildman–Crippen MR) is 54.5 cm³/mol. The largest absolute Gasteiger partial charge is 0.392 e. The fourth-order valence-electron chi connectivity index (χ4n) is 1.55. The van der Waals surface area contributed by atoms with Gasteiger partial charge in [-0.05, 0) is 26.4 Å². The number of hydrogen-bond acceptors (Lipinski definition) is 4. The van der Waals surface area contributed by atoms with Crippen molar-refractivity contribution in [2.45, 2.75) is 32.2 Å². The summed E-state index contributed by atoms with van der Waals surface area (Å²) < 4.78 is 4.84. The molecule has 1 aliphatic rings. The third kappa shape index (κ3) is 4.00. The van der Waals surface area contributed by atoms with Crippen molar-refractivity contribution in [3.05, 3.63) is 0 Å². The van der Waals surface area contributed by atoms with E-state index in [-0.39, 0.29) is 5.97 Å². The normalized spacial score (nSPS) is 24.3. The molecule has 0 amide bonds. The van der Waals surface area contributed by atoms with Crippen LogP contribution in [0.1, 0.15) is 26.2 Å². The molecule has 0 N–H and O–H groups in total. The van der Waals surface area contributed by atoms with E-state index in [1.807, 2.05) is 0 Å². The smallest absolute Gasteiger partial charge is 0.314 e. The molecule has 0 aromatic rings. The molecule has 4 heteroatoms. The summed E-state index contributed by atoms with van der Waals surface area (Å²) >= 11 is 1.28. The van der Waals surface area contributed by atoms with E-state index in [1.165, 1.54) is 44.8 Å². The van der Waals surface area contributed by atoms with Crippen LogP contribution in [-0.2, 0) is 8.98 Å². The number of carbonyl (C=O) groups is 1. The molecule has 1 heterocycles. The Balaban J connectivity index is 2.15. The molecule has 0 aliphatic carbocycles. The average Bonchev–Trinajstić information content (AvgIpc) is 2.08. The number of nitrogens with zero attached hydrogens (tertiary/aromatic N) is 1. The van der Waals surface area contributed by atoms with Crippen LogP contribution in [0.4, 0.5) is 0 Å². The maximum Gasteiger partial charge on any atom is 0.314 e. The van der Waals surface area contributed by atoms with Crippen LogP contribution < -0.4 is 0 Å². The van der Waals surface area contributed by atoms with Crippen molar-refractivity contribution >= 4 is 18.0 Å². The molecule has 0 radical (unpaired) electrons. The second kappa shape index (κ2) is 5.50. The molecular formula is C9H17NO2S. The highest BCUT2D eigenvalue weighted by molar-refractivity contribution is 7.95. The van der Waals surface area contributed by atoms with E-state index < -0.39 is 0 Å². The van der Waals surface area contributed by atoms with Crippen LogP contribution in [-0.4, -0.2) is 36.3 Å². The van der Waals surface area contributed by atoms with E-state index in [0.29, 0.717) is 6.04 Å². The summed E-state index contributed by atoms with van der Waals surface area (Å²) in [6.07, 6.45) is 3.83. The minimum Gasteiger partial charge on any atom is -0.392 e. The first-order chi connectivity index (χ1) is 6.20. The average molecular weight is 203 g/mol. The molecule has 1 unspecified atom stereocenters. The van der Waals surface area contributed by atoms with Crippen LogP contribution in [0.3, 0.4) is 0 Å². The summed E-state index contributed by atoms with van der Waals surface area (Å²) in [7, 11) is 2.14. The van der Waals surface area contributed by atoms with Crippen LogP contribution in [0.5, 0.6) is 0 Å². The van der Waals surface area contributed by atoms with E-state index in [4.69, 9.17) is 4.18 Å². The van der Waals surface area contributed by atoms with Gasteiger partial charge in [-0.25, -0.2) is 0 Å². The summed E-state index contributed by atoms with van der Waals surface area (Å²) in [4.78, 5) is 12.9. The van der Waals surface area contributed by atoms with Gasteiger partial charge < -0.3 is 9.08 Å². The molecule has 0 bridgehead atoms. The summed E-state index contributed by atoms with van der Waals surface area (Å²) in [6.45, 7) is 2.61. The summed E-state index contributed by atoms with van der Waals surface area (Å²) in [5.41, 5.74) is 0. The molecule has 1 fully saturated rings. The molecule has 3 nitrogen and oxygen atoms in total. The molecule has 0 saturated carbocycles. The molecule has 1 aliphatic heterocycles. The van der Waals surface area contributed by atoms with Crippen molar-refractivity contribution in [2.24, 2.45) is 0 Å². The minimum atomic E-state index is -0.205. The molecule has 0 aromatic carbocycles. The Hall–Kier alpha value is -0.220. The fraction of sp³-hybridized carbons (Fsp3) is 0.889. The zero-order valence-electron chi connectivity index (χ0n) is 8.28. The molecule has 76 valence electrons. The Morgan fingerprint density at radius 3 is 3.00 bits per heavy atom. The quantitative estimate of drug-likeness (QED) is 0.653. The van der Waals surface area contributed by atoms with Gasteiger partial charge in [-0.15, -0.1) is 0 Å². The zero-order chi connectivity index (χ0) is 9.68. The van der Waals surface area contributed by atoms with Gasteiger partial charge in [0.2, 0.25) is 0 Å². The lowest BCUT2D eigenvalue weighted by atomic mass is 10.1. The minimum absolute atomic E-state index is 0.205. The van der Waals surface area contributed by atoms with Crippen molar-refractivity contribution in [3.63, 3.8) is 0 Å². The lowest BCUT2D eigenvalue weighted by Gasteiger charge is -2.31. The van der Waals surface area contributed by atoms with Crippen molar-refractivity contribution in [1.29, 1.82) is 0 Å². The Kier molecular flexibility index (Phi) is 4.59. The molecular weight excluding hydrogens is 186 g/mol. The number of carbonyl (C=O) groups excluding carboxylic acids is 1. The first-order valence-corrected chi connectivity index (χ1v) is 5.61. The standard InChI is InChI=1S/C9H17NO2S/c1-8(11)12-13-7-9-5-3-4-6-10(9)2/h9H,3-7H2,1-2H3. The Morgan fingerprint density at radius 2 is 2.38 bits per heavy atom. The first kappa shape index (κ1) is 10.9. The van der Waals surface area contributed by atoms with Crippen LogP contribution in [0.2, 0.25) is 0 Å². The Bertz CT molecular complexity index is 175. The van der Waals surface area contributed by atoms with Gasteiger partial charge in [0.05, 0.1) is 12.0 Å². The zero-order valence-corrected chi connectivity index (χ0v) is 9.10. The second-order valence-corrected chi connectivity index (χ2v) is 4.23. The second-order valence-electron chi connectivity index (χ2n) is 3.49. The van der Waals surface area contributed by atoms with Crippen LogP contribution in [0.15, 0.2) is 0 Å². The van der Waals surface area contributed by atoms with Crippen LogP contribution >= 0.6 is 12.0 Å². The third-order valence-electron chi connectivity index (χ3n) is 2.36. The number of hydrogen-bond donors (Lipinski definition) is 0. The van der Waals surface area contributed by atoms with Crippen molar-refractivity contribution in [1.82, 2.24) is 4.90 Å². The lowest BCUT2D eigenvalue weighted by Crippen LogP contribution is -2.37. The molecule has 1 atom stereocenters. The highest BCUT2D eigenvalue weighted by Gasteiger charge is 2.19. The van der Waals surface area contributed by atoms with Crippen molar-refractivity contribution in [2.75, 3.05) is 19.3 Å². The summed E-state index contributed by atoms with van der Waals surface area (Å²) in [6, 6.07) is 0.582. The van der Waals surface area contributed by atoms with E-state index in [2.05, 4.69) is 11.9 Å². The third-order valence-corrected chi connectivity index (χ3v) is 3.23. The number of piperidine rings is 1. The molecule has 0 spiro atoms. The van der Waals surface area contributed by atoms with Gasteiger partial charge in [0, 0.05) is 18.7 Å². The molecule has 0 aromatic heterocycles. The van der Waals surface area contributed by atoms with E-state index in [9.17, 15) is 4.79 Å². The summed E-state index contributed by atoms with van der Waals surface area (Å²) in [5.74, 6) is 0.694. The number of likely N-dealkylation sites (tertiary alicyclic amines) is 1. The molecule has 1 saturated heterocycles. The maximum atomic E-state index is 10.5. The van der Waals surface area contributed by atoms with Gasteiger partial charge >= 0.3 is 5.97 Å². The van der Waals surface area contributed by atoms with Crippen LogP contribution in [0.25, 0.3) is 0 Å². The highest BCUT2D eigenvalue weighted by Crippen LogP contribution is 2.19. The lowest BCUT2D eigenvalue weighted by molar-refractivity contribution is -0.130. The van der Waals surface area contributed by atoms with E-state index in [1.54, 1.807) is 0 Å². The fourth-order valence-corrected chi connectivity index (χ4v) is 2.36. The monoisotopic (exact) mass is 203 g/mol.